The standard InChI is InChI=1S/C30H38N6O2/c1-4-36-19-7-8-25(36)20-28(34-30(38)32-23-15-17-24(18-16-23)35(2)3)21-11-13-22(14-12-21)29(37)33-27-10-6-5-9-26(27)31/h5-6,9-18,25,28H,4,7-8,19-20,31H2,1-3H3,(H,33,37)(H2,32,34,38). The minimum Gasteiger partial charge on any atom is -0.397 e. The largest absolute Gasteiger partial charge is 0.397 e. The van der Waals surface area contributed by atoms with Crippen LogP contribution < -0.4 is 26.6 Å². The summed E-state index contributed by atoms with van der Waals surface area (Å²) in [6.07, 6.45) is 3.07. The normalized spacial score (nSPS) is 16.0. The Morgan fingerprint density at radius 1 is 1.00 bits per heavy atom. The summed E-state index contributed by atoms with van der Waals surface area (Å²) in [4.78, 5) is 30.3. The number of benzene rings is 3. The number of nitrogen functional groups attached to an aromatic ring is 1. The second-order valence-corrected chi connectivity index (χ2v) is 9.92. The van der Waals surface area contributed by atoms with E-state index in [1.165, 1.54) is 0 Å². The molecule has 3 aromatic rings. The lowest BCUT2D eigenvalue weighted by Gasteiger charge is -2.28. The van der Waals surface area contributed by atoms with Gasteiger partial charge in [-0.05, 0) is 86.4 Å². The van der Waals surface area contributed by atoms with E-state index in [4.69, 9.17) is 5.73 Å². The van der Waals surface area contributed by atoms with Crippen LogP contribution in [0.5, 0.6) is 0 Å². The van der Waals surface area contributed by atoms with Gasteiger partial charge in [-0.3, -0.25) is 4.79 Å². The second kappa shape index (κ2) is 12.5. The number of hydrogen-bond donors (Lipinski definition) is 4. The third-order valence-electron chi connectivity index (χ3n) is 7.14. The average Bonchev–Trinajstić information content (AvgIpc) is 3.37. The Hall–Kier alpha value is -4.04. The highest BCUT2D eigenvalue weighted by Gasteiger charge is 2.28. The molecule has 1 fully saturated rings. The van der Waals surface area contributed by atoms with Crippen LogP contribution in [0.15, 0.2) is 72.8 Å². The van der Waals surface area contributed by atoms with Gasteiger partial charge in [0, 0.05) is 37.1 Å². The number of urea groups is 1. The van der Waals surface area contributed by atoms with Crippen molar-refractivity contribution in [3.05, 3.63) is 83.9 Å². The predicted molar refractivity (Wildman–Crippen MR) is 156 cm³/mol. The van der Waals surface area contributed by atoms with Crippen LogP contribution in [0.3, 0.4) is 0 Å². The van der Waals surface area contributed by atoms with Gasteiger partial charge in [0.2, 0.25) is 0 Å². The van der Waals surface area contributed by atoms with E-state index in [1.807, 2.05) is 67.5 Å². The number of carbonyl (C=O) groups is 2. The molecule has 3 aromatic carbocycles. The van der Waals surface area contributed by atoms with Gasteiger partial charge in [0.1, 0.15) is 0 Å². The molecule has 0 aliphatic carbocycles. The zero-order valence-electron chi connectivity index (χ0n) is 22.4. The van der Waals surface area contributed by atoms with E-state index in [0.717, 1.165) is 49.3 Å². The second-order valence-electron chi connectivity index (χ2n) is 9.92. The molecule has 1 aliphatic rings. The molecule has 2 unspecified atom stereocenters. The number of carbonyl (C=O) groups excluding carboxylic acids is 2. The Morgan fingerprint density at radius 3 is 2.37 bits per heavy atom. The van der Waals surface area contributed by atoms with Crippen molar-refractivity contribution in [2.75, 3.05) is 48.5 Å². The molecule has 2 atom stereocenters. The SMILES string of the molecule is CCN1CCCC1CC(NC(=O)Nc1ccc(N(C)C)cc1)c1ccc(C(=O)Nc2ccccc2N)cc1. The maximum atomic E-state index is 13.0. The summed E-state index contributed by atoms with van der Waals surface area (Å²) in [5.41, 5.74) is 10.3. The van der Waals surface area contributed by atoms with Crippen LogP contribution in [0.25, 0.3) is 0 Å². The van der Waals surface area contributed by atoms with Gasteiger partial charge in [0.25, 0.3) is 5.91 Å². The van der Waals surface area contributed by atoms with Gasteiger partial charge >= 0.3 is 6.03 Å². The van der Waals surface area contributed by atoms with E-state index < -0.39 is 0 Å². The van der Waals surface area contributed by atoms with Gasteiger partial charge in [0.15, 0.2) is 0 Å². The van der Waals surface area contributed by atoms with E-state index >= 15 is 0 Å². The van der Waals surface area contributed by atoms with Crippen molar-refractivity contribution in [2.24, 2.45) is 0 Å². The van der Waals surface area contributed by atoms with E-state index in [1.54, 1.807) is 24.3 Å². The number of nitrogens with one attached hydrogen (secondary N) is 3. The molecular formula is C30H38N6O2. The molecule has 1 aliphatic heterocycles. The van der Waals surface area contributed by atoms with Crippen molar-refractivity contribution in [1.82, 2.24) is 10.2 Å². The van der Waals surface area contributed by atoms with E-state index in [9.17, 15) is 9.59 Å². The number of anilines is 4. The van der Waals surface area contributed by atoms with Crippen molar-refractivity contribution in [3.8, 4) is 0 Å². The molecule has 5 N–H and O–H groups in total. The van der Waals surface area contributed by atoms with Gasteiger partial charge in [-0.25, -0.2) is 4.79 Å². The Kier molecular flexibility index (Phi) is 8.86. The molecule has 0 radical (unpaired) electrons. The third-order valence-corrected chi connectivity index (χ3v) is 7.14. The molecule has 0 aromatic heterocycles. The van der Waals surface area contributed by atoms with E-state index in [2.05, 4.69) is 27.8 Å². The first-order chi connectivity index (χ1) is 18.3. The van der Waals surface area contributed by atoms with Crippen molar-refractivity contribution in [1.29, 1.82) is 0 Å². The molecule has 3 amide bonds. The fourth-order valence-electron chi connectivity index (χ4n) is 4.97. The van der Waals surface area contributed by atoms with Crippen LogP contribution in [-0.4, -0.2) is 50.1 Å². The summed E-state index contributed by atoms with van der Waals surface area (Å²) < 4.78 is 0. The number of amides is 3. The number of hydrogen-bond acceptors (Lipinski definition) is 5. The topological polar surface area (TPSA) is 103 Å². The molecule has 4 rings (SSSR count). The summed E-state index contributed by atoms with van der Waals surface area (Å²) in [5, 5.41) is 9.01. The number of para-hydroxylation sites is 2. The Balaban J connectivity index is 1.48. The van der Waals surface area contributed by atoms with Crippen LogP contribution in [0.1, 0.15) is 48.1 Å². The molecule has 8 nitrogen and oxygen atoms in total. The summed E-state index contributed by atoms with van der Waals surface area (Å²) >= 11 is 0. The number of nitrogens with two attached hydrogens (primary N) is 1. The maximum Gasteiger partial charge on any atom is 0.319 e. The highest BCUT2D eigenvalue weighted by molar-refractivity contribution is 6.05. The monoisotopic (exact) mass is 514 g/mol. The lowest BCUT2D eigenvalue weighted by Crippen LogP contribution is -2.38. The van der Waals surface area contributed by atoms with Crippen molar-refractivity contribution in [2.45, 2.75) is 38.3 Å². The first-order valence-electron chi connectivity index (χ1n) is 13.2. The van der Waals surface area contributed by atoms with Gasteiger partial charge < -0.3 is 31.5 Å². The quantitative estimate of drug-likeness (QED) is 0.289. The lowest BCUT2D eigenvalue weighted by atomic mass is 9.96. The van der Waals surface area contributed by atoms with Crippen LogP contribution in [0.2, 0.25) is 0 Å². The van der Waals surface area contributed by atoms with Crippen molar-refractivity contribution in [3.63, 3.8) is 0 Å². The Morgan fingerprint density at radius 2 is 1.71 bits per heavy atom. The molecule has 0 bridgehead atoms. The Labute approximate surface area is 225 Å². The highest BCUT2D eigenvalue weighted by atomic mass is 16.2. The van der Waals surface area contributed by atoms with Crippen LogP contribution in [0, 0.1) is 0 Å². The third kappa shape index (κ3) is 6.83. The van der Waals surface area contributed by atoms with E-state index in [-0.39, 0.29) is 18.0 Å². The van der Waals surface area contributed by atoms with Crippen molar-refractivity contribution < 1.29 is 9.59 Å². The minimum absolute atomic E-state index is 0.199. The molecule has 1 saturated heterocycles. The molecule has 8 heteroatoms. The molecule has 38 heavy (non-hydrogen) atoms. The average molecular weight is 515 g/mol. The first-order valence-corrected chi connectivity index (χ1v) is 13.2. The summed E-state index contributed by atoms with van der Waals surface area (Å²) in [7, 11) is 3.96. The fraction of sp³-hybridized carbons (Fsp3) is 0.333. The molecule has 0 saturated carbocycles. The molecule has 0 spiro atoms. The maximum absolute atomic E-state index is 13.0. The lowest BCUT2D eigenvalue weighted by molar-refractivity contribution is 0.102. The summed E-state index contributed by atoms with van der Waals surface area (Å²) in [6, 6.07) is 22.3. The minimum atomic E-state index is -0.255. The van der Waals surface area contributed by atoms with Gasteiger partial charge in [0.05, 0.1) is 17.4 Å². The zero-order valence-corrected chi connectivity index (χ0v) is 22.4. The van der Waals surface area contributed by atoms with Crippen LogP contribution in [-0.2, 0) is 0 Å². The first kappa shape index (κ1) is 27.0. The molecular weight excluding hydrogens is 476 g/mol. The van der Waals surface area contributed by atoms with Crippen molar-refractivity contribution >= 4 is 34.7 Å². The van der Waals surface area contributed by atoms with Gasteiger partial charge in [-0.15, -0.1) is 0 Å². The summed E-state index contributed by atoms with van der Waals surface area (Å²) in [5.74, 6) is -0.231. The Bertz CT molecular complexity index is 1230. The van der Waals surface area contributed by atoms with Gasteiger partial charge in [-0.2, -0.15) is 0 Å². The highest BCUT2D eigenvalue weighted by Crippen LogP contribution is 2.28. The zero-order chi connectivity index (χ0) is 27.1. The van der Waals surface area contributed by atoms with E-state index in [0.29, 0.717) is 23.0 Å². The van der Waals surface area contributed by atoms with Crippen LogP contribution in [0.4, 0.5) is 27.5 Å². The van der Waals surface area contributed by atoms with Gasteiger partial charge in [-0.1, -0.05) is 31.2 Å². The van der Waals surface area contributed by atoms with Crippen LogP contribution >= 0.6 is 0 Å². The molecule has 1 heterocycles. The summed E-state index contributed by atoms with van der Waals surface area (Å²) in [6.45, 7) is 4.25. The number of nitrogens with zero attached hydrogens (tertiary/aromatic N) is 2. The predicted octanol–water partition coefficient (Wildman–Crippen LogP) is 5.32. The fourth-order valence-corrected chi connectivity index (χ4v) is 4.97. The smallest absolute Gasteiger partial charge is 0.319 e. The molecule has 200 valence electrons. The number of rotatable bonds is 9. The number of likely N-dealkylation sites (tertiary alicyclic amines) is 1.